The fourth-order valence-electron chi connectivity index (χ4n) is 1.64. The molecule has 1 aliphatic heterocycles. The SMILES string of the molecule is CC(C)(C)C(=O)Nc1n[nH]c2c1CCNC2. The fourth-order valence-corrected chi connectivity index (χ4v) is 1.64. The molecule has 0 bridgehead atoms. The first-order valence-corrected chi connectivity index (χ1v) is 5.57. The van der Waals surface area contributed by atoms with Crippen LogP contribution in [0.4, 0.5) is 5.82 Å². The van der Waals surface area contributed by atoms with E-state index in [0.717, 1.165) is 30.8 Å². The zero-order valence-corrected chi connectivity index (χ0v) is 9.98. The van der Waals surface area contributed by atoms with Crippen molar-refractivity contribution in [2.24, 2.45) is 5.41 Å². The average molecular weight is 222 g/mol. The Balaban J connectivity index is 2.16. The molecular formula is C11H18N4O. The van der Waals surface area contributed by atoms with Crippen LogP contribution in [0.3, 0.4) is 0 Å². The monoisotopic (exact) mass is 222 g/mol. The summed E-state index contributed by atoms with van der Waals surface area (Å²) in [4.78, 5) is 11.8. The summed E-state index contributed by atoms with van der Waals surface area (Å²) >= 11 is 0. The van der Waals surface area contributed by atoms with Gasteiger partial charge in [0.25, 0.3) is 0 Å². The van der Waals surface area contributed by atoms with E-state index in [2.05, 4.69) is 20.8 Å². The van der Waals surface area contributed by atoms with Crippen LogP contribution < -0.4 is 10.6 Å². The minimum absolute atomic E-state index is 0.000308. The first kappa shape index (κ1) is 11.1. The number of rotatable bonds is 1. The zero-order valence-electron chi connectivity index (χ0n) is 9.98. The number of amides is 1. The minimum Gasteiger partial charge on any atom is -0.311 e. The molecule has 0 unspecified atom stereocenters. The Morgan fingerprint density at radius 1 is 1.44 bits per heavy atom. The van der Waals surface area contributed by atoms with Crippen molar-refractivity contribution in [3.05, 3.63) is 11.3 Å². The maximum Gasteiger partial charge on any atom is 0.230 e. The number of nitrogens with one attached hydrogen (secondary N) is 3. The number of H-pyrrole nitrogens is 1. The average Bonchev–Trinajstić information content (AvgIpc) is 2.61. The van der Waals surface area contributed by atoms with Gasteiger partial charge in [0, 0.05) is 17.5 Å². The molecule has 1 amide bonds. The van der Waals surface area contributed by atoms with Crippen molar-refractivity contribution in [3.8, 4) is 0 Å². The maximum absolute atomic E-state index is 11.8. The second-order valence-electron chi connectivity index (χ2n) is 5.16. The van der Waals surface area contributed by atoms with Gasteiger partial charge < -0.3 is 10.6 Å². The number of hydrogen-bond donors (Lipinski definition) is 3. The lowest BCUT2D eigenvalue weighted by Gasteiger charge is -2.18. The van der Waals surface area contributed by atoms with Crippen molar-refractivity contribution >= 4 is 11.7 Å². The highest BCUT2D eigenvalue weighted by Gasteiger charge is 2.24. The molecule has 0 aromatic carbocycles. The maximum atomic E-state index is 11.8. The molecule has 16 heavy (non-hydrogen) atoms. The quantitative estimate of drug-likeness (QED) is 0.665. The summed E-state index contributed by atoms with van der Waals surface area (Å²) in [6, 6.07) is 0. The van der Waals surface area contributed by atoms with Gasteiger partial charge in [-0.1, -0.05) is 20.8 Å². The normalized spacial score (nSPS) is 15.7. The minimum atomic E-state index is -0.390. The predicted octanol–water partition coefficient (Wildman–Crippen LogP) is 1.04. The highest BCUT2D eigenvalue weighted by atomic mass is 16.2. The third-order valence-electron chi connectivity index (χ3n) is 2.72. The highest BCUT2D eigenvalue weighted by Crippen LogP contribution is 2.22. The molecule has 0 aliphatic carbocycles. The van der Waals surface area contributed by atoms with Gasteiger partial charge in [0.1, 0.15) is 0 Å². The molecular weight excluding hydrogens is 204 g/mol. The molecule has 2 heterocycles. The molecule has 5 nitrogen and oxygen atoms in total. The number of aromatic amines is 1. The van der Waals surface area contributed by atoms with Crippen LogP contribution in [-0.4, -0.2) is 22.6 Å². The lowest BCUT2D eigenvalue weighted by Crippen LogP contribution is -2.29. The third kappa shape index (κ3) is 2.09. The van der Waals surface area contributed by atoms with Crippen molar-refractivity contribution in [1.82, 2.24) is 15.5 Å². The largest absolute Gasteiger partial charge is 0.311 e. The summed E-state index contributed by atoms with van der Waals surface area (Å²) in [7, 11) is 0. The summed E-state index contributed by atoms with van der Waals surface area (Å²) in [5.74, 6) is 0.691. The lowest BCUT2D eigenvalue weighted by atomic mass is 9.95. The molecule has 5 heteroatoms. The van der Waals surface area contributed by atoms with Gasteiger partial charge >= 0.3 is 0 Å². The molecule has 2 rings (SSSR count). The Kier molecular flexibility index (Phi) is 2.71. The molecule has 1 aliphatic rings. The van der Waals surface area contributed by atoms with Gasteiger partial charge in [0.2, 0.25) is 5.91 Å². The molecule has 0 saturated heterocycles. The summed E-state index contributed by atoms with van der Waals surface area (Å²) in [6.45, 7) is 7.41. The van der Waals surface area contributed by atoms with E-state index in [9.17, 15) is 4.79 Å². The van der Waals surface area contributed by atoms with Gasteiger partial charge in [0.05, 0.1) is 5.69 Å². The van der Waals surface area contributed by atoms with E-state index >= 15 is 0 Å². The van der Waals surface area contributed by atoms with Crippen LogP contribution >= 0.6 is 0 Å². The standard InChI is InChI=1S/C11H18N4O/c1-11(2,3)10(16)13-9-7-4-5-12-6-8(7)14-15-9/h12H,4-6H2,1-3H3,(H2,13,14,15,16). The Hall–Kier alpha value is -1.36. The van der Waals surface area contributed by atoms with Gasteiger partial charge in [-0.05, 0) is 13.0 Å². The molecule has 1 aromatic rings. The second-order valence-corrected chi connectivity index (χ2v) is 5.16. The predicted molar refractivity (Wildman–Crippen MR) is 62.1 cm³/mol. The van der Waals surface area contributed by atoms with Gasteiger partial charge in [-0.25, -0.2) is 0 Å². The molecule has 0 atom stereocenters. The van der Waals surface area contributed by atoms with Crippen molar-refractivity contribution in [3.63, 3.8) is 0 Å². The first-order chi connectivity index (χ1) is 7.48. The second kappa shape index (κ2) is 3.90. The van der Waals surface area contributed by atoms with Crippen LogP contribution in [0.25, 0.3) is 0 Å². The summed E-state index contributed by atoms with van der Waals surface area (Å²) in [5.41, 5.74) is 1.82. The van der Waals surface area contributed by atoms with Gasteiger partial charge in [-0.3, -0.25) is 9.89 Å². The molecule has 88 valence electrons. The van der Waals surface area contributed by atoms with E-state index in [4.69, 9.17) is 0 Å². The van der Waals surface area contributed by atoms with Gasteiger partial charge in [-0.15, -0.1) is 0 Å². The smallest absolute Gasteiger partial charge is 0.230 e. The van der Waals surface area contributed by atoms with Crippen LogP contribution in [0.15, 0.2) is 0 Å². The van der Waals surface area contributed by atoms with E-state index in [0.29, 0.717) is 5.82 Å². The number of nitrogens with zero attached hydrogens (tertiary/aromatic N) is 1. The van der Waals surface area contributed by atoms with E-state index in [1.165, 1.54) is 0 Å². The van der Waals surface area contributed by atoms with Crippen molar-refractivity contribution < 1.29 is 4.79 Å². The Labute approximate surface area is 95.0 Å². The van der Waals surface area contributed by atoms with Crippen LogP contribution in [0.5, 0.6) is 0 Å². The number of fused-ring (bicyclic) bond motifs is 1. The number of aromatic nitrogens is 2. The van der Waals surface area contributed by atoms with Crippen molar-refractivity contribution in [2.45, 2.75) is 33.7 Å². The number of carbonyl (C=O) groups is 1. The van der Waals surface area contributed by atoms with E-state index in [1.807, 2.05) is 20.8 Å². The van der Waals surface area contributed by atoms with E-state index in [1.54, 1.807) is 0 Å². The number of carbonyl (C=O) groups excluding carboxylic acids is 1. The van der Waals surface area contributed by atoms with Crippen LogP contribution in [0.2, 0.25) is 0 Å². The summed E-state index contributed by atoms with van der Waals surface area (Å²) < 4.78 is 0. The first-order valence-electron chi connectivity index (χ1n) is 5.57. The van der Waals surface area contributed by atoms with E-state index < -0.39 is 5.41 Å². The number of anilines is 1. The van der Waals surface area contributed by atoms with E-state index in [-0.39, 0.29) is 5.91 Å². The van der Waals surface area contributed by atoms with Crippen LogP contribution in [0, 0.1) is 5.41 Å². The molecule has 0 saturated carbocycles. The van der Waals surface area contributed by atoms with Gasteiger partial charge in [0.15, 0.2) is 5.82 Å². The molecule has 1 aromatic heterocycles. The van der Waals surface area contributed by atoms with Crippen LogP contribution in [0.1, 0.15) is 32.0 Å². The summed E-state index contributed by atoms with van der Waals surface area (Å²) in [6.07, 6.45) is 0.908. The Bertz CT molecular complexity index is 403. The van der Waals surface area contributed by atoms with Crippen LogP contribution in [-0.2, 0) is 17.8 Å². The zero-order chi connectivity index (χ0) is 11.8. The molecule has 0 fully saturated rings. The topological polar surface area (TPSA) is 69.8 Å². The molecule has 0 spiro atoms. The third-order valence-corrected chi connectivity index (χ3v) is 2.72. The number of hydrogen-bond acceptors (Lipinski definition) is 3. The van der Waals surface area contributed by atoms with Gasteiger partial charge in [-0.2, -0.15) is 5.10 Å². The Morgan fingerprint density at radius 2 is 2.19 bits per heavy atom. The highest BCUT2D eigenvalue weighted by molar-refractivity contribution is 5.94. The van der Waals surface area contributed by atoms with Crippen molar-refractivity contribution in [2.75, 3.05) is 11.9 Å². The lowest BCUT2D eigenvalue weighted by molar-refractivity contribution is -0.123. The Morgan fingerprint density at radius 3 is 2.88 bits per heavy atom. The molecule has 3 N–H and O–H groups in total. The fraction of sp³-hybridized carbons (Fsp3) is 0.636. The van der Waals surface area contributed by atoms with Crippen molar-refractivity contribution in [1.29, 1.82) is 0 Å². The summed E-state index contributed by atoms with van der Waals surface area (Å²) in [5, 5.41) is 13.2. The molecule has 0 radical (unpaired) electrons.